The molecule has 2 aliphatic rings. The lowest BCUT2D eigenvalue weighted by Crippen LogP contribution is -2.46. The van der Waals surface area contributed by atoms with Gasteiger partial charge in [0.05, 0.1) is 17.6 Å². The Hall–Kier alpha value is -1.30. The average Bonchev–Trinajstić information content (AvgIpc) is 2.72. The molecule has 0 saturated carbocycles. The minimum Gasteiger partial charge on any atom is -0.396 e. The quantitative estimate of drug-likeness (QED) is 0.816. The monoisotopic (exact) mass is 310 g/mol. The summed E-state index contributed by atoms with van der Waals surface area (Å²) >= 11 is 3.36. The van der Waals surface area contributed by atoms with Gasteiger partial charge < -0.3 is 16.0 Å². The predicted octanol–water partition coefficient (Wildman–Crippen LogP) is 1.14. The molecule has 1 amide bonds. The van der Waals surface area contributed by atoms with E-state index in [1.807, 2.05) is 6.07 Å². The summed E-state index contributed by atoms with van der Waals surface area (Å²) in [5.41, 5.74) is 6.69. The van der Waals surface area contributed by atoms with E-state index in [0.29, 0.717) is 12.2 Å². The third-order valence-electron chi connectivity index (χ3n) is 3.73. The Kier molecular flexibility index (Phi) is 2.89. The van der Waals surface area contributed by atoms with Gasteiger partial charge >= 0.3 is 0 Å². The van der Waals surface area contributed by atoms with Gasteiger partial charge in [-0.15, -0.1) is 0 Å². The fraction of sp³-hybridized carbons (Fsp3) is 0.500. The molecule has 3 N–H and O–H groups in total. The van der Waals surface area contributed by atoms with Crippen molar-refractivity contribution in [1.29, 1.82) is 0 Å². The largest absolute Gasteiger partial charge is 0.396 e. The number of anilines is 2. The van der Waals surface area contributed by atoms with Crippen LogP contribution in [0.3, 0.4) is 0 Å². The molecule has 2 unspecified atom stereocenters. The molecule has 5 nitrogen and oxygen atoms in total. The zero-order valence-corrected chi connectivity index (χ0v) is 11.5. The number of amides is 1. The van der Waals surface area contributed by atoms with Gasteiger partial charge in [-0.2, -0.15) is 0 Å². The van der Waals surface area contributed by atoms with Crippen LogP contribution < -0.4 is 16.0 Å². The SMILES string of the molecule is Nc1cc(Br)cnc1N1CCCC2C(=O)NCC21. The fourth-order valence-electron chi connectivity index (χ4n) is 2.90. The Labute approximate surface area is 114 Å². The van der Waals surface area contributed by atoms with Crippen LogP contribution >= 0.6 is 15.9 Å². The minimum absolute atomic E-state index is 0.0867. The molecule has 0 radical (unpaired) electrons. The van der Waals surface area contributed by atoms with Crippen LogP contribution in [0.1, 0.15) is 12.8 Å². The average molecular weight is 311 g/mol. The van der Waals surface area contributed by atoms with Crippen molar-refractivity contribution < 1.29 is 4.79 Å². The summed E-state index contributed by atoms with van der Waals surface area (Å²) in [6, 6.07) is 2.05. The lowest BCUT2D eigenvalue weighted by molar-refractivity contribution is -0.122. The van der Waals surface area contributed by atoms with Gasteiger partial charge in [0, 0.05) is 23.8 Å². The van der Waals surface area contributed by atoms with Crippen molar-refractivity contribution in [3.63, 3.8) is 0 Å². The van der Waals surface area contributed by atoms with Gasteiger partial charge in [-0.05, 0) is 34.8 Å². The van der Waals surface area contributed by atoms with Crippen molar-refractivity contribution in [2.45, 2.75) is 18.9 Å². The lowest BCUT2D eigenvalue weighted by Gasteiger charge is -2.37. The van der Waals surface area contributed by atoms with E-state index in [9.17, 15) is 4.79 Å². The van der Waals surface area contributed by atoms with Gasteiger partial charge in [0.2, 0.25) is 5.91 Å². The Morgan fingerprint density at radius 3 is 3.17 bits per heavy atom. The van der Waals surface area contributed by atoms with Crippen molar-refractivity contribution in [3.05, 3.63) is 16.7 Å². The van der Waals surface area contributed by atoms with E-state index in [2.05, 4.69) is 31.1 Å². The maximum absolute atomic E-state index is 11.7. The van der Waals surface area contributed by atoms with Gasteiger partial charge in [-0.3, -0.25) is 4.79 Å². The molecule has 1 aromatic heterocycles. The predicted molar refractivity (Wildman–Crippen MR) is 73.2 cm³/mol. The van der Waals surface area contributed by atoms with E-state index in [1.165, 1.54) is 0 Å². The zero-order valence-electron chi connectivity index (χ0n) is 9.90. The molecule has 2 fully saturated rings. The summed E-state index contributed by atoms with van der Waals surface area (Å²) in [5.74, 6) is 1.05. The summed E-state index contributed by atoms with van der Waals surface area (Å²) in [4.78, 5) is 18.3. The zero-order chi connectivity index (χ0) is 12.7. The standard InChI is InChI=1S/C12H15BrN4O/c13-7-4-9(14)11(15-5-7)17-3-1-2-8-10(17)6-16-12(8)18/h4-5,8,10H,1-3,6,14H2,(H,16,18). The molecule has 1 aromatic rings. The fourth-order valence-corrected chi connectivity index (χ4v) is 3.25. The molecule has 2 saturated heterocycles. The van der Waals surface area contributed by atoms with Crippen LogP contribution in [0, 0.1) is 5.92 Å². The number of nitrogens with two attached hydrogens (primary N) is 1. The van der Waals surface area contributed by atoms with Crippen LogP contribution in [0.15, 0.2) is 16.7 Å². The summed E-state index contributed by atoms with van der Waals surface area (Å²) in [6.45, 7) is 1.61. The number of hydrogen-bond acceptors (Lipinski definition) is 4. The van der Waals surface area contributed by atoms with E-state index < -0.39 is 0 Å². The number of fused-ring (bicyclic) bond motifs is 1. The van der Waals surface area contributed by atoms with Crippen molar-refractivity contribution in [1.82, 2.24) is 10.3 Å². The second-order valence-corrected chi connectivity index (χ2v) is 5.74. The Morgan fingerprint density at radius 1 is 1.56 bits per heavy atom. The highest BCUT2D eigenvalue weighted by Gasteiger charge is 2.41. The molecule has 2 atom stereocenters. The third kappa shape index (κ3) is 1.84. The summed E-state index contributed by atoms with van der Waals surface area (Å²) in [7, 11) is 0. The topological polar surface area (TPSA) is 71.2 Å². The second kappa shape index (κ2) is 4.42. The van der Waals surface area contributed by atoms with E-state index in [-0.39, 0.29) is 17.9 Å². The number of carbonyl (C=O) groups is 1. The molecule has 0 aliphatic carbocycles. The van der Waals surface area contributed by atoms with Crippen LogP contribution in [0.25, 0.3) is 0 Å². The molecule has 2 aliphatic heterocycles. The van der Waals surface area contributed by atoms with Crippen LogP contribution in [0.2, 0.25) is 0 Å². The molecule has 0 spiro atoms. The first-order valence-electron chi connectivity index (χ1n) is 6.12. The number of halogens is 1. The minimum atomic E-state index is 0.0867. The number of nitrogens with zero attached hydrogens (tertiary/aromatic N) is 2. The highest BCUT2D eigenvalue weighted by molar-refractivity contribution is 9.10. The van der Waals surface area contributed by atoms with Crippen molar-refractivity contribution in [2.75, 3.05) is 23.7 Å². The lowest BCUT2D eigenvalue weighted by atomic mass is 9.91. The molecule has 0 bridgehead atoms. The van der Waals surface area contributed by atoms with E-state index in [1.54, 1.807) is 6.20 Å². The number of aromatic nitrogens is 1. The molecule has 0 aromatic carbocycles. The summed E-state index contributed by atoms with van der Waals surface area (Å²) in [6.07, 6.45) is 3.72. The number of rotatable bonds is 1. The molecule has 3 heterocycles. The number of carbonyl (C=O) groups excluding carboxylic acids is 1. The van der Waals surface area contributed by atoms with Crippen LogP contribution in [-0.4, -0.2) is 30.0 Å². The van der Waals surface area contributed by atoms with E-state index >= 15 is 0 Å². The number of piperidine rings is 1. The van der Waals surface area contributed by atoms with E-state index in [4.69, 9.17) is 5.73 Å². The van der Waals surface area contributed by atoms with E-state index in [0.717, 1.165) is 29.7 Å². The van der Waals surface area contributed by atoms with Gasteiger partial charge in [0.15, 0.2) is 5.82 Å². The highest BCUT2D eigenvalue weighted by Crippen LogP contribution is 2.33. The molecule has 18 heavy (non-hydrogen) atoms. The molecule has 6 heteroatoms. The first-order chi connectivity index (χ1) is 8.66. The number of nitrogen functional groups attached to an aromatic ring is 1. The normalized spacial score (nSPS) is 26.9. The number of nitrogens with one attached hydrogen (secondary N) is 1. The maximum Gasteiger partial charge on any atom is 0.225 e. The molecule has 3 rings (SSSR count). The first-order valence-corrected chi connectivity index (χ1v) is 6.91. The summed E-state index contributed by atoms with van der Waals surface area (Å²) in [5, 5.41) is 2.93. The highest BCUT2D eigenvalue weighted by atomic mass is 79.9. The Bertz CT molecular complexity index is 493. The molecule has 96 valence electrons. The van der Waals surface area contributed by atoms with Gasteiger partial charge in [0.25, 0.3) is 0 Å². The Morgan fingerprint density at radius 2 is 2.39 bits per heavy atom. The summed E-state index contributed by atoms with van der Waals surface area (Å²) < 4.78 is 0.873. The maximum atomic E-state index is 11.7. The molecular weight excluding hydrogens is 296 g/mol. The van der Waals surface area contributed by atoms with Crippen molar-refractivity contribution in [3.8, 4) is 0 Å². The number of hydrogen-bond donors (Lipinski definition) is 2. The van der Waals surface area contributed by atoms with Crippen LogP contribution in [0.5, 0.6) is 0 Å². The second-order valence-electron chi connectivity index (χ2n) is 4.82. The molecular formula is C12H15BrN4O. The van der Waals surface area contributed by atoms with Crippen molar-refractivity contribution in [2.24, 2.45) is 5.92 Å². The van der Waals surface area contributed by atoms with Crippen LogP contribution in [0.4, 0.5) is 11.5 Å². The Balaban J connectivity index is 1.93. The van der Waals surface area contributed by atoms with Crippen molar-refractivity contribution >= 4 is 33.3 Å². The van der Waals surface area contributed by atoms with Gasteiger partial charge in [0.1, 0.15) is 0 Å². The first kappa shape index (κ1) is 11.8. The van der Waals surface area contributed by atoms with Crippen LogP contribution in [-0.2, 0) is 4.79 Å². The third-order valence-corrected chi connectivity index (χ3v) is 4.17. The smallest absolute Gasteiger partial charge is 0.225 e. The number of pyridine rings is 1. The van der Waals surface area contributed by atoms with Gasteiger partial charge in [-0.1, -0.05) is 0 Å². The van der Waals surface area contributed by atoms with Gasteiger partial charge in [-0.25, -0.2) is 4.98 Å².